The maximum atomic E-state index is 12.2. The lowest BCUT2D eigenvalue weighted by atomic mass is 10.1. The van der Waals surface area contributed by atoms with Crippen molar-refractivity contribution in [2.45, 2.75) is 32.4 Å². The van der Waals surface area contributed by atoms with Gasteiger partial charge in [0.05, 0.1) is 11.8 Å². The predicted molar refractivity (Wildman–Crippen MR) is 86.7 cm³/mol. The van der Waals surface area contributed by atoms with E-state index in [1.807, 2.05) is 0 Å². The summed E-state index contributed by atoms with van der Waals surface area (Å²) >= 11 is 0. The van der Waals surface area contributed by atoms with Crippen molar-refractivity contribution in [2.24, 2.45) is 0 Å². The van der Waals surface area contributed by atoms with Crippen molar-refractivity contribution >= 4 is 11.2 Å². The summed E-state index contributed by atoms with van der Waals surface area (Å²) in [6.07, 6.45) is -4.99. The first-order valence-corrected chi connectivity index (χ1v) is 7.77. The Labute approximate surface area is 145 Å². The van der Waals surface area contributed by atoms with Gasteiger partial charge in [0.2, 0.25) is 0 Å². The van der Waals surface area contributed by atoms with Gasteiger partial charge in [0.15, 0.2) is 11.2 Å². The molecule has 2 aromatic heterocycles. The molecule has 0 spiro atoms. The number of ether oxygens (including phenoxy) is 1. The van der Waals surface area contributed by atoms with Crippen molar-refractivity contribution in [1.82, 2.24) is 9.55 Å². The summed E-state index contributed by atoms with van der Waals surface area (Å²) in [6.45, 7) is 1.84. The zero-order valence-corrected chi connectivity index (χ0v) is 13.7. The van der Waals surface area contributed by atoms with Crippen molar-refractivity contribution in [2.75, 3.05) is 0 Å². The van der Waals surface area contributed by atoms with E-state index in [9.17, 15) is 23.1 Å². The van der Waals surface area contributed by atoms with Crippen LogP contribution in [0.3, 0.4) is 0 Å². The highest BCUT2D eigenvalue weighted by atomic mass is 19.4. The van der Waals surface area contributed by atoms with Crippen LogP contribution in [0, 0.1) is 0 Å². The van der Waals surface area contributed by atoms with E-state index in [-0.39, 0.29) is 12.3 Å². The smallest absolute Gasteiger partial charge is 0.406 e. The maximum Gasteiger partial charge on any atom is 0.573 e. The monoisotopic (exact) mass is 368 g/mol. The van der Waals surface area contributed by atoms with E-state index in [4.69, 9.17) is 4.42 Å². The molecule has 0 radical (unpaired) electrons. The molecule has 9 heteroatoms. The number of nitrogens with zero attached hydrogens (tertiary/aromatic N) is 2. The fourth-order valence-corrected chi connectivity index (χ4v) is 2.45. The number of hydrogen-bond acceptors (Lipinski definition) is 5. The number of alkyl halides is 3. The summed E-state index contributed by atoms with van der Waals surface area (Å²) in [4.78, 5) is 16.3. The van der Waals surface area contributed by atoms with Gasteiger partial charge in [-0.3, -0.25) is 4.57 Å². The van der Waals surface area contributed by atoms with Crippen LogP contribution in [0.15, 0.2) is 45.6 Å². The van der Waals surface area contributed by atoms with E-state index in [0.29, 0.717) is 28.9 Å². The lowest BCUT2D eigenvalue weighted by molar-refractivity contribution is -0.274. The highest BCUT2D eigenvalue weighted by Gasteiger charge is 2.31. The molecule has 0 bridgehead atoms. The largest absolute Gasteiger partial charge is 0.573 e. The number of halogens is 3. The van der Waals surface area contributed by atoms with Crippen LogP contribution in [0.4, 0.5) is 13.2 Å². The molecule has 0 aliphatic rings. The van der Waals surface area contributed by atoms with Crippen LogP contribution in [-0.2, 0) is 6.54 Å². The first kappa shape index (κ1) is 18.0. The van der Waals surface area contributed by atoms with Gasteiger partial charge in [-0.05, 0) is 49.7 Å². The molecule has 26 heavy (non-hydrogen) atoms. The van der Waals surface area contributed by atoms with Crippen LogP contribution < -0.4 is 10.5 Å². The highest BCUT2D eigenvalue weighted by Crippen LogP contribution is 2.26. The van der Waals surface area contributed by atoms with Crippen LogP contribution in [0.25, 0.3) is 22.5 Å². The Balaban J connectivity index is 1.93. The summed E-state index contributed by atoms with van der Waals surface area (Å²) < 4.78 is 46.9. The van der Waals surface area contributed by atoms with E-state index >= 15 is 0 Å². The molecule has 0 saturated carbocycles. The minimum Gasteiger partial charge on any atom is -0.406 e. The highest BCUT2D eigenvalue weighted by molar-refractivity contribution is 5.73. The van der Waals surface area contributed by atoms with Crippen LogP contribution in [0.5, 0.6) is 5.75 Å². The number of pyridine rings is 1. The molecule has 138 valence electrons. The van der Waals surface area contributed by atoms with Crippen LogP contribution in [0.1, 0.15) is 13.3 Å². The Bertz CT molecular complexity index is 959. The van der Waals surface area contributed by atoms with Crippen LogP contribution in [-0.4, -0.2) is 27.1 Å². The molecule has 1 aromatic carbocycles. The predicted octanol–water partition coefficient (Wildman–Crippen LogP) is 3.33. The second-order valence-electron chi connectivity index (χ2n) is 5.75. The zero-order chi connectivity index (χ0) is 18.9. The molecule has 3 aromatic rings. The number of aryl methyl sites for hydroxylation is 1. The van der Waals surface area contributed by atoms with Gasteiger partial charge in [0.1, 0.15) is 5.75 Å². The summed E-state index contributed by atoms with van der Waals surface area (Å²) in [5.74, 6) is -0.918. The van der Waals surface area contributed by atoms with Gasteiger partial charge in [0.25, 0.3) is 0 Å². The Morgan fingerprint density at radius 3 is 2.54 bits per heavy atom. The average molecular weight is 368 g/mol. The Hall–Kier alpha value is -2.81. The molecule has 6 nitrogen and oxygen atoms in total. The lowest BCUT2D eigenvalue weighted by Crippen LogP contribution is -2.17. The third-order valence-corrected chi connectivity index (χ3v) is 3.67. The molecular formula is C17H15F3N2O4. The summed E-state index contributed by atoms with van der Waals surface area (Å²) in [5, 5.41) is 9.40. The molecule has 0 aliphatic heterocycles. The summed E-state index contributed by atoms with van der Waals surface area (Å²) in [7, 11) is 0. The topological polar surface area (TPSA) is 77.5 Å². The molecule has 1 atom stereocenters. The maximum absolute atomic E-state index is 12.2. The van der Waals surface area contributed by atoms with Gasteiger partial charge < -0.3 is 14.3 Å². The van der Waals surface area contributed by atoms with E-state index in [2.05, 4.69) is 9.72 Å². The fourth-order valence-electron chi connectivity index (χ4n) is 2.45. The van der Waals surface area contributed by atoms with Gasteiger partial charge in [-0.1, -0.05) is 0 Å². The second kappa shape index (κ2) is 6.83. The van der Waals surface area contributed by atoms with Crippen LogP contribution in [0.2, 0.25) is 0 Å². The van der Waals surface area contributed by atoms with Crippen molar-refractivity contribution in [3.05, 3.63) is 46.9 Å². The normalized spacial score (nSPS) is 13.1. The molecule has 0 saturated heterocycles. The molecular weight excluding hydrogens is 353 g/mol. The van der Waals surface area contributed by atoms with E-state index in [1.165, 1.54) is 28.8 Å². The fraction of sp³-hybridized carbons (Fsp3) is 0.294. The molecule has 0 aliphatic carbocycles. The minimum absolute atomic E-state index is 0.234. The number of hydrogen-bond donors (Lipinski definition) is 1. The van der Waals surface area contributed by atoms with Crippen LogP contribution >= 0.6 is 0 Å². The third kappa shape index (κ3) is 4.05. The van der Waals surface area contributed by atoms with E-state index in [1.54, 1.807) is 19.1 Å². The number of aliphatic hydroxyl groups is 1. The Kier molecular flexibility index (Phi) is 4.73. The molecule has 2 heterocycles. The van der Waals surface area contributed by atoms with Crippen molar-refractivity contribution in [3.63, 3.8) is 0 Å². The molecule has 0 fully saturated rings. The molecule has 0 unspecified atom stereocenters. The van der Waals surface area contributed by atoms with Gasteiger partial charge in [0, 0.05) is 12.1 Å². The third-order valence-electron chi connectivity index (χ3n) is 3.67. The number of oxazole rings is 1. The first-order chi connectivity index (χ1) is 12.2. The molecule has 1 N–H and O–H groups in total. The van der Waals surface area contributed by atoms with Gasteiger partial charge in [-0.2, -0.15) is 0 Å². The van der Waals surface area contributed by atoms with Gasteiger partial charge in [-0.25, -0.2) is 9.78 Å². The summed E-state index contributed by atoms with van der Waals surface area (Å²) in [6, 6.07) is 8.41. The summed E-state index contributed by atoms with van der Waals surface area (Å²) in [5.41, 5.74) is 1.62. The van der Waals surface area contributed by atoms with E-state index in [0.717, 1.165) is 0 Å². The number of rotatable bonds is 5. The number of aromatic nitrogens is 2. The first-order valence-electron chi connectivity index (χ1n) is 7.77. The quantitative estimate of drug-likeness (QED) is 0.748. The minimum atomic E-state index is -4.75. The Morgan fingerprint density at radius 1 is 1.23 bits per heavy atom. The SMILES string of the molecule is C[C@H](O)CCn1c(=O)oc2ccc(-c3ccc(OC(F)(F)F)cc3)nc21. The standard InChI is InChI=1S/C17H15F3N2O4/c1-10(23)8-9-22-15-14(25-16(22)24)7-6-13(21-15)11-2-4-12(5-3-11)26-17(18,19)20/h2-7,10,23H,8-9H2,1H3/t10-/m0/s1. The van der Waals surface area contributed by atoms with Gasteiger partial charge >= 0.3 is 12.1 Å². The lowest BCUT2D eigenvalue weighted by Gasteiger charge is -2.09. The molecule has 3 rings (SSSR count). The van der Waals surface area contributed by atoms with Gasteiger partial charge in [-0.15, -0.1) is 13.2 Å². The Morgan fingerprint density at radius 2 is 1.92 bits per heavy atom. The van der Waals surface area contributed by atoms with Crippen molar-refractivity contribution in [1.29, 1.82) is 0 Å². The van der Waals surface area contributed by atoms with Crippen molar-refractivity contribution in [3.8, 4) is 17.0 Å². The molecule has 0 amide bonds. The zero-order valence-electron chi connectivity index (χ0n) is 13.7. The second-order valence-corrected chi connectivity index (χ2v) is 5.75. The van der Waals surface area contributed by atoms with E-state index < -0.39 is 18.2 Å². The van der Waals surface area contributed by atoms with Crippen molar-refractivity contribution < 1.29 is 27.4 Å². The average Bonchev–Trinajstić information content (AvgIpc) is 2.86. The number of benzene rings is 1. The number of fused-ring (bicyclic) bond motifs is 1. The number of aliphatic hydroxyl groups excluding tert-OH is 1.